The number of rotatable bonds is 7. The number of hydrogen-bond acceptors (Lipinski definition) is 7. The van der Waals surface area contributed by atoms with E-state index in [1.807, 2.05) is 37.3 Å². The molecule has 0 unspecified atom stereocenters. The Hall–Kier alpha value is -3.26. The smallest absolute Gasteiger partial charge is 0.266 e. The van der Waals surface area contributed by atoms with Crippen molar-refractivity contribution >= 4 is 40.6 Å². The van der Waals surface area contributed by atoms with Gasteiger partial charge in [0.05, 0.1) is 23.2 Å². The Morgan fingerprint density at radius 3 is 2.62 bits per heavy atom. The quantitative estimate of drug-likeness (QED) is 0.650. The van der Waals surface area contributed by atoms with Crippen LogP contribution in [-0.4, -0.2) is 42.2 Å². The lowest BCUT2D eigenvalue weighted by molar-refractivity contribution is -0.307. The number of amidine groups is 1. The predicted octanol–water partition coefficient (Wildman–Crippen LogP) is 2.45. The number of hydrogen-bond donors (Lipinski definition) is 0. The van der Waals surface area contributed by atoms with Crippen molar-refractivity contribution in [3.05, 3.63) is 59.0 Å². The monoisotopic (exact) mass is 411 g/mol. The molecule has 1 amide bonds. The third kappa shape index (κ3) is 5.17. The second-order valence-corrected chi connectivity index (χ2v) is 7.01. The van der Waals surface area contributed by atoms with E-state index in [1.165, 1.54) is 16.7 Å². The van der Waals surface area contributed by atoms with Gasteiger partial charge < -0.3 is 19.4 Å². The molecular weight excluding hydrogens is 392 g/mol. The van der Waals surface area contributed by atoms with Crippen molar-refractivity contribution in [2.24, 2.45) is 4.99 Å². The van der Waals surface area contributed by atoms with Crippen molar-refractivity contribution in [3.63, 3.8) is 0 Å². The Labute approximate surface area is 172 Å². The molecule has 0 atom stereocenters. The van der Waals surface area contributed by atoms with E-state index in [1.54, 1.807) is 31.3 Å². The van der Waals surface area contributed by atoms with Gasteiger partial charge in [0.15, 0.2) is 16.7 Å². The van der Waals surface area contributed by atoms with Crippen LogP contribution in [0.1, 0.15) is 12.5 Å². The zero-order valence-electron chi connectivity index (χ0n) is 16.0. The molecule has 1 fully saturated rings. The van der Waals surface area contributed by atoms with Crippen LogP contribution in [0.25, 0.3) is 6.08 Å². The summed E-state index contributed by atoms with van der Waals surface area (Å²) in [5.74, 6) is -0.781. The summed E-state index contributed by atoms with van der Waals surface area (Å²) in [6.07, 6.45) is 1.74. The number of benzene rings is 2. The molecule has 2 aromatic rings. The first-order chi connectivity index (χ1) is 14.0. The van der Waals surface area contributed by atoms with Crippen LogP contribution in [0.5, 0.6) is 11.5 Å². The van der Waals surface area contributed by atoms with E-state index in [9.17, 15) is 14.7 Å². The minimum Gasteiger partial charge on any atom is -0.546 e. The number of aliphatic imine (C=N–C) groups is 1. The number of likely N-dealkylation sites (N-methyl/N-ethyl adjacent to an activating group) is 1. The summed E-state index contributed by atoms with van der Waals surface area (Å²) in [6, 6.07) is 14.4. The lowest BCUT2D eigenvalue weighted by Crippen LogP contribution is -2.29. The van der Waals surface area contributed by atoms with E-state index in [-0.39, 0.29) is 5.91 Å². The molecule has 1 saturated heterocycles. The summed E-state index contributed by atoms with van der Waals surface area (Å²) in [7, 11) is 1.68. The zero-order chi connectivity index (χ0) is 20.8. The molecule has 29 heavy (non-hydrogen) atoms. The molecule has 8 heteroatoms. The molecule has 2 aromatic carbocycles. The number of carbonyl (C=O) groups is 2. The third-order valence-electron chi connectivity index (χ3n) is 3.90. The molecule has 0 spiro atoms. The fraction of sp³-hybridized carbons (Fsp3) is 0.190. The molecule has 7 nitrogen and oxygen atoms in total. The Balaban J connectivity index is 1.85. The van der Waals surface area contributed by atoms with Crippen LogP contribution in [0, 0.1) is 0 Å². The van der Waals surface area contributed by atoms with Crippen LogP contribution >= 0.6 is 11.8 Å². The summed E-state index contributed by atoms with van der Waals surface area (Å²) >= 11 is 1.28. The van der Waals surface area contributed by atoms with E-state index < -0.39 is 12.6 Å². The van der Waals surface area contributed by atoms with E-state index >= 15 is 0 Å². The van der Waals surface area contributed by atoms with Gasteiger partial charge in [0.1, 0.15) is 6.61 Å². The number of nitrogens with zero attached hydrogens (tertiary/aromatic N) is 2. The van der Waals surface area contributed by atoms with Crippen molar-refractivity contribution in [1.82, 2.24) is 4.90 Å². The molecule has 150 valence electrons. The highest BCUT2D eigenvalue weighted by Gasteiger charge is 2.30. The summed E-state index contributed by atoms with van der Waals surface area (Å²) in [5, 5.41) is 11.2. The molecule has 0 aliphatic carbocycles. The van der Waals surface area contributed by atoms with Gasteiger partial charge in [-0.25, -0.2) is 4.99 Å². The molecular formula is C21H19N2O5S-. The average Bonchev–Trinajstić information content (AvgIpc) is 2.96. The van der Waals surface area contributed by atoms with Crippen molar-refractivity contribution in [2.75, 3.05) is 20.3 Å². The van der Waals surface area contributed by atoms with Gasteiger partial charge in [0.2, 0.25) is 0 Å². The lowest BCUT2D eigenvalue weighted by Gasteiger charge is -2.13. The van der Waals surface area contributed by atoms with Gasteiger partial charge in [-0.1, -0.05) is 24.3 Å². The number of carbonyl (C=O) groups excluding carboxylic acids is 2. The number of ether oxygens (including phenoxy) is 2. The normalized spacial score (nSPS) is 16.5. The van der Waals surface area contributed by atoms with Crippen LogP contribution in [0.3, 0.4) is 0 Å². The molecule has 3 rings (SSSR count). The highest BCUT2D eigenvalue weighted by molar-refractivity contribution is 8.18. The standard InChI is InChI=1S/C21H20N2O5S/c1-3-27-17-11-14(9-10-16(17)28-13-19(24)25)12-18-20(26)23(2)21(29-18)22-15-7-5-4-6-8-15/h4-12H,3,13H2,1-2H3,(H,24,25)/p-1/b18-12+,22-21?. The van der Waals surface area contributed by atoms with Crippen LogP contribution in [0.4, 0.5) is 5.69 Å². The van der Waals surface area contributed by atoms with Gasteiger partial charge >= 0.3 is 0 Å². The van der Waals surface area contributed by atoms with Crippen molar-refractivity contribution in [1.29, 1.82) is 0 Å². The molecule has 1 heterocycles. The van der Waals surface area contributed by atoms with Crippen LogP contribution < -0.4 is 14.6 Å². The van der Waals surface area contributed by atoms with E-state index in [2.05, 4.69) is 4.99 Å². The van der Waals surface area contributed by atoms with Gasteiger partial charge in [-0.2, -0.15) is 0 Å². The molecule has 0 N–H and O–H groups in total. The van der Waals surface area contributed by atoms with E-state index in [0.29, 0.717) is 28.2 Å². The second kappa shape index (κ2) is 9.29. The summed E-state index contributed by atoms with van der Waals surface area (Å²) < 4.78 is 10.7. The van der Waals surface area contributed by atoms with Crippen LogP contribution in [-0.2, 0) is 9.59 Å². The summed E-state index contributed by atoms with van der Waals surface area (Å²) in [4.78, 5) is 29.8. The minimum absolute atomic E-state index is 0.153. The number of aliphatic carboxylic acids is 1. The second-order valence-electron chi connectivity index (χ2n) is 6.00. The first-order valence-corrected chi connectivity index (χ1v) is 9.70. The SMILES string of the molecule is CCOc1cc(/C=C2/SC(=Nc3ccccc3)N(C)C2=O)ccc1OCC(=O)[O-]. The molecule has 1 aliphatic heterocycles. The molecule has 0 saturated carbocycles. The summed E-state index contributed by atoms with van der Waals surface area (Å²) in [5.41, 5.74) is 1.49. The van der Waals surface area contributed by atoms with Gasteiger partial charge in [-0.3, -0.25) is 9.69 Å². The fourth-order valence-corrected chi connectivity index (χ4v) is 3.54. The van der Waals surface area contributed by atoms with Crippen molar-refractivity contribution in [3.8, 4) is 11.5 Å². The van der Waals surface area contributed by atoms with Gasteiger partial charge in [-0.05, 0) is 54.6 Å². The van der Waals surface area contributed by atoms with Crippen LogP contribution in [0.15, 0.2) is 58.4 Å². The summed E-state index contributed by atoms with van der Waals surface area (Å²) in [6.45, 7) is 1.62. The van der Waals surface area contributed by atoms with Gasteiger partial charge in [0, 0.05) is 7.05 Å². The Kier molecular flexibility index (Phi) is 6.56. The largest absolute Gasteiger partial charge is 0.546 e. The molecule has 0 aromatic heterocycles. The number of thioether (sulfide) groups is 1. The highest BCUT2D eigenvalue weighted by Crippen LogP contribution is 2.35. The van der Waals surface area contributed by atoms with Gasteiger partial charge in [-0.15, -0.1) is 0 Å². The highest BCUT2D eigenvalue weighted by atomic mass is 32.2. The van der Waals surface area contributed by atoms with E-state index in [4.69, 9.17) is 9.47 Å². The lowest BCUT2D eigenvalue weighted by atomic mass is 10.2. The third-order valence-corrected chi connectivity index (χ3v) is 4.96. The number of para-hydroxylation sites is 1. The Bertz CT molecular complexity index is 972. The minimum atomic E-state index is -1.32. The topological polar surface area (TPSA) is 91.3 Å². The van der Waals surface area contributed by atoms with Crippen LogP contribution in [0.2, 0.25) is 0 Å². The Morgan fingerprint density at radius 2 is 1.93 bits per heavy atom. The average molecular weight is 411 g/mol. The molecule has 0 radical (unpaired) electrons. The first kappa shape index (κ1) is 20.5. The molecule has 0 bridgehead atoms. The number of amides is 1. The maximum absolute atomic E-state index is 12.6. The number of carboxylic acids is 1. The van der Waals surface area contributed by atoms with Gasteiger partial charge in [0.25, 0.3) is 5.91 Å². The Morgan fingerprint density at radius 1 is 1.17 bits per heavy atom. The van der Waals surface area contributed by atoms with Crippen molar-refractivity contribution in [2.45, 2.75) is 6.92 Å². The fourth-order valence-electron chi connectivity index (χ4n) is 2.55. The van der Waals surface area contributed by atoms with E-state index in [0.717, 1.165) is 11.3 Å². The first-order valence-electron chi connectivity index (χ1n) is 8.88. The van der Waals surface area contributed by atoms with Crippen molar-refractivity contribution < 1.29 is 24.2 Å². The zero-order valence-corrected chi connectivity index (χ0v) is 16.8. The maximum Gasteiger partial charge on any atom is 0.266 e. The maximum atomic E-state index is 12.6. The number of carboxylic acid groups (broad SMARTS) is 1. The molecule has 1 aliphatic rings. The predicted molar refractivity (Wildman–Crippen MR) is 110 cm³/mol.